The number of anilines is 1. The van der Waals surface area contributed by atoms with E-state index in [0.29, 0.717) is 6.42 Å². The number of hydrogen-bond acceptors (Lipinski definition) is 3. The molecule has 2 N–H and O–H groups in total. The first-order valence-electron chi connectivity index (χ1n) is 7.21. The van der Waals surface area contributed by atoms with Crippen molar-refractivity contribution in [2.24, 2.45) is 0 Å². The summed E-state index contributed by atoms with van der Waals surface area (Å²) in [6, 6.07) is 19.0. The third-order valence-electron chi connectivity index (χ3n) is 3.35. The first-order chi connectivity index (χ1) is 10.7. The number of carbonyl (C=O) groups is 1. The lowest BCUT2D eigenvalue weighted by molar-refractivity contribution is -0.118. The van der Waals surface area contributed by atoms with Gasteiger partial charge < -0.3 is 5.32 Å². The summed E-state index contributed by atoms with van der Waals surface area (Å²) in [7, 11) is 0. The maximum Gasteiger partial charge on any atom is 0.241 e. The van der Waals surface area contributed by atoms with Gasteiger partial charge in [0.2, 0.25) is 5.91 Å². The quantitative estimate of drug-likeness (QED) is 0.805. The van der Waals surface area contributed by atoms with Crippen LogP contribution in [0.2, 0.25) is 0 Å². The molecule has 0 heterocycles. The van der Waals surface area contributed by atoms with Crippen molar-refractivity contribution in [3.8, 4) is 6.07 Å². The van der Waals surface area contributed by atoms with Crippen LogP contribution < -0.4 is 10.6 Å². The SMILES string of the molecule is Cc1ccc(NC(=O)C(Cc2ccccc2)NCC#N)cc1. The van der Waals surface area contributed by atoms with Crippen LogP contribution in [0.1, 0.15) is 11.1 Å². The zero-order valence-electron chi connectivity index (χ0n) is 12.5. The molecule has 2 rings (SSSR count). The van der Waals surface area contributed by atoms with Crippen molar-refractivity contribution in [2.75, 3.05) is 11.9 Å². The Morgan fingerprint density at radius 3 is 2.45 bits per heavy atom. The van der Waals surface area contributed by atoms with E-state index < -0.39 is 6.04 Å². The van der Waals surface area contributed by atoms with Crippen LogP contribution in [0.25, 0.3) is 0 Å². The number of aryl methyl sites for hydroxylation is 1. The summed E-state index contributed by atoms with van der Waals surface area (Å²) in [6.45, 7) is 2.14. The molecule has 0 spiro atoms. The molecule has 22 heavy (non-hydrogen) atoms. The van der Waals surface area contributed by atoms with Gasteiger partial charge in [-0.05, 0) is 31.0 Å². The van der Waals surface area contributed by atoms with Gasteiger partial charge in [-0.15, -0.1) is 0 Å². The Labute approximate surface area is 130 Å². The number of benzene rings is 2. The highest BCUT2D eigenvalue weighted by molar-refractivity contribution is 5.95. The molecule has 1 atom stereocenters. The van der Waals surface area contributed by atoms with Gasteiger partial charge in [0.1, 0.15) is 0 Å². The smallest absolute Gasteiger partial charge is 0.241 e. The Bertz CT molecular complexity index is 644. The van der Waals surface area contributed by atoms with Gasteiger partial charge in [-0.25, -0.2) is 0 Å². The van der Waals surface area contributed by atoms with Crippen LogP contribution >= 0.6 is 0 Å². The van der Waals surface area contributed by atoms with Crippen LogP contribution in [0.4, 0.5) is 5.69 Å². The fraction of sp³-hybridized carbons (Fsp3) is 0.222. The van der Waals surface area contributed by atoms with Crippen molar-refractivity contribution in [2.45, 2.75) is 19.4 Å². The number of carbonyl (C=O) groups excluding carboxylic acids is 1. The van der Waals surface area contributed by atoms with Gasteiger partial charge in [0.25, 0.3) is 0 Å². The van der Waals surface area contributed by atoms with E-state index in [4.69, 9.17) is 5.26 Å². The van der Waals surface area contributed by atoms with Crippen molar-refractivity contribution >= 4 is 11.6 Å². The van der Waals surface area contributed by atoms with E-state index in [9.17, 15) is 4.79 Å². The normalized spacial score (nSPS) is 11.5. The minimum absolute atomic E-state index is 0.136. The first-order valence-corrected chi connectivity index (χ1v) is 7.21. The molecular formula is C18H19N3O. The Morgan fingerprint density at radius 1 is 1.14 bits per heavy atom. The molecule has 0 radical (unpaired) electrons. The minimum atomic E-state index is -0.441. The third kappa shape index (κ3) is 4.72. The maximum atomic E-state index is 12.4. The summed E-state index contributed by atoms with van der Waals surface area (Å²) >= 11 is 0. The molecule has 0 aliphatic carbocycles. The lowest BCUT2D eigenvalue weighted by Crippen LogP contribution is -2.42. The number of amides is 1. The van der Waals surface area contributed by atoms with Gasteiger partial charge in [0, 0.05) is 5.69 Å². The molecule has 112 valence electrons. The zero-order chi connectivity index (χ0) is 15.8. The third-order valence-corrected chi connectivity index (χ3v) is 3.35. The van der Waals surface area contributed by atoms with Crippen LogP contribution in [0.3, 0.4) is 0 Å². The summed E-state index contributed by atoms with van der Waals surface area (Å²) < 4.78 is 0. The lowest BCUT2D eigenvalue weighted by Gasteiger charge is -2.17. The fourth-order valence-corrected chi connectivity index (χ4v) is 2.14. The van der Waals surface area contributed by atoms with E-state index in [0.717, 1.165) is 16.8 Å². The average Bonchev–Trinajstić information content (AvgIpc) is 2.54. The Morgan fingerprint density at radius 2 is 1.82 bits per heavy atom. The van der Waals surface area contributed by atoms with E-state index in [1.54, 1.807) is 0 Å². The molecule has 1 amide bonds. The van der Waals surface area contributed by atoms with Gasteiger partial charge in [-0.3, -0.25) is 10.1 Å². The second-order valence-electron chi connectivity index (χ2n) is 5.14. The number of nitrogens with one attached hydrogen (secondary N) is 2. The van der Waals surface area contributed by atoms with Crippen LogP contribution in [0, 0.1) is 18.3 Å². The predicted molar refractivity (Wildman–Crippen MR) is 87.4 cm³/mol. The Kier molecular flexibility index (Phi) is 5.70. The van der Waals surface area contributed by atoms with Crippen molar-refractivity contribution < 1.29 is 4.79 Å². The van der Waals surface area contributed by atoms with Crippen molar-refractivity contribution in [3.63, 3.8) is 0 Å². The molecule has 2 aromatic carbocycles. The molecular weight excluding hydrogens is 274 g/mol. The van der Waals surface area contributed by atoms with Crippen LogP contribution in [0.5, 0.6) is 0 Å². The van der Waals surface area contributed by atoms with Gasteiger partial charge in [0.05, 0.1) is 18.7 Å². The molecule has 2 aromatic rings. The highest BCUT2D eigenvalue weighted by atomic mass is 16.2. The van der Waals surface area contributed by atoms with E-state index in [1.807, 2.05) is 67.6 Å². The van der Waals surface area contributed by atoms with Gasteiger partial charge in [-0.1, -0.05) is 48.0 Å². The zero-order valence-corrected chi connectivity index (χ0v) is 12.5. The molecule has 0 bridgehead atoms. The Balaban J connectivity index is 2.05. The van der Waals surface area contributed by atoms with Crippen LogP contribution in [-0.2, 0) is 11.2 Å². The molecule has 4 nitrogen and oxygen atoms in total. The highest BCUT2D eigenvalue weighted by Crippen LogP contribution is 2.10. The molecule has 0 aliphatic heterocycles. The molecule has 0 aromatic heterocycles. The first kappa shape index (κ1) is 15.7. The molecule has 1 unspecified atom stereocenters. The van der Waals surface area contributed by atoms with E-state index >= 15 is 0 Å². The second kappa shape index (κ2) is 7.96. The van der Waals surface area contributed by atoms with Crippen molar-refractivity contribution in [1.29, 1.82) is 5.26 Å². The molecule has 0 aliphatic rings. The van der Waals surface area contributed by atoms with Crippen molar-refractivity contribution in [1.82, 2.24) is 5.32 Å². The summed E-state index contributed by atoms with van der Waals surface area (Å²) in [6.07, 6.45) is 0.542. The Hall–Kier alpha value is -2.64. The highest BCUT2D eigenvalue weighted by Gasteiger charge is 2.18. The monoisotopic (exact) mass is 293 g/mol. The summed E-state index contributed by atoms with van der Waals surface area (Å²) in [5.74, 6) is -0.136. The lowest BCUT2D eigenvalue weighted by atomic mass is 10.1. The maximum absolute atomic E-state index is 12.4. The summed E-state index contributed by atoms with van der Waals surface area (Å²) in [5.41, 5.74) is 2.95. The van der Waals surface area contributed by atoms with Crippen LogP contribution in [0.15, 0.2) is 54.6 Å². The van der Waals surface area contributed by atoms with Gasteiger partial charge >= 0.3 is 0 Å². The number of nitriles is 1. The van der Waals surface area contributed by atoms with E-state index in [-0.39, 0.29) is 12.5 Å². The topological polar surface area (TPSA) is 64.9 Å². The standard InChI is InChI=1S/C18H19N3O/c1-14-7-9-16(10-8-14)21-18(22)17(20-12-11-19)13-15-5-3-2-4-6-15/h2-10,17,20H,12-13H2,1H3,(H,21,22). The van der Waals surface area contributed by atoms with E-state index in [1.165, 1.54) is 0 Å². The minimum Gasteiger partial charge on any atom is -0.325 e. The largest absolute Gasteiger partial charge is 0.325 e. The average molecular weight is 293 g/mol. The van der Waals surface area contributed by atoms with E-state index in [2.05, 4.69) is 10.6 Å². The summed E-state index contributed by atoms with van der Waals surface area (Å²) in [5, 5.41) is 14.6. The van der Waals surface area contributed by atoms with Crippen LogP contribution in [-0.4, -0.2) is 18.5 Å². The second-order valence-corrected chi connectivity index (χ2v) is 5.14. The predicted octanol–water partition coefficient (Wildman–Crippen LogP) is 2.66. The number of rotatable bonds is 6. The molecule has 4 heteroatoms. The summed E-state index contributed by atoms with van der Waals surface area (Å²) in [4.78, 5) is 12.4. The molecule has 0 fully saturated rings. The van der Waals surface area contributed by atoms with Gasteiger partial charge in [-0.2, -0.15) is 5.26 Å². The number of nitrogens with zero attached hydrogens (tertiary/aromatic N) is 1. The number of hydrogen-bond donors (Lipinski definition) is 2. The molecule has 0 saturated heterocycles. The molecule has 0 saturated carbocycles. The van der Waals surface area contributed by atoms with Crippen molar-refractivity contribution in [3.05, 3.63) is 65.7 Å². The fourth-order valence-electron chi connectivity index (χ4n) is 2.14. The van der Waals surface area contributed by atoms with Gasteiger partial charge in [0.15, 0.2) is 0 Å².